The number of hydrogen-bond acceptors (Lipinski definition) is 5. The molecule has 2 aromatic heterocycles. The summed E-state index contributed by atoms with van der Waals surface area (Å²) >= 11 is 1.39. The molecule has 0 N–H and O–H groups in total. The first-order chi connectivity index (χ1) is 13.1. The Balaban J connectivity index is 1.87. The number of fused-ring (bicyclic) bond motifs is 2. The van der Waals surface area contributed by atoms with Crippen molar-refractivity contribution in [2.75, 3.05) is 13.2 Å². The second-order valence-electron chi connectivity index (χ2n) is 6.04. The molecule has 0 unspecified atom stereocenters. The molecule has 0 saturated carbocycles. The predicted molar refractivity (Wildman–Crippen MR) is 102 cm³/mol. The van der Waals surface area contributed by atoms with Gasteiger partial charge < -0.3 is 14.0 Å². The molecule has 3 heterocycles. The molecule has 3 aromatic rings. The third-order valence-corrected chi connectivity index (χ3v) is 5.26. The highest BCUT2D eigenvalue weighted by molar-refractivity contribution is 7.16. The van der Waals surface area contributed by atoms with Crippen molar-refractivity contribution in [3.63, 3.8) is 0 Å². The minimum atomic E-state index is -0.341. The van der Waals surface area contributed by atoms with Gasteiger partial charge in [-0.2, -0.15) is 10.1 Å². The lowest BCUT2D eigenvalue weighted by Gasteiger charge is -2.18. The van der Waals surface area contributed by atoms with Crippen molar-refractivity contribution in [1.82, 2.24) is 14.3 Å². The smallest absolute Gasteiger partial charge is 0.297 e. The Bertz CT molecular complexity index is 1150. The number of carbonyl (C=O) groups excluding carboxylic acids is 1. The first-order valence-electron chi connectivity index (χ1n) is 8.60. The van der Waals surface area contributed by atoms with Gasteiger partial charge in [0.2, 0.25) is 0 Å². The summed E-state index contributed by atoms with van der Waals surface area (Å²) < 4.78 is 15.7. The van der Waals surface area contributed by atoms with Crippen LogP contribution in [0.1, 0.15) is 23.1 Å². The minimum absolute atomic E-state index is 0.303. The largest absolute Gasteiger partial charge is 0.486 e. The number of aromatic nitrogens is 3. The molecule has 7 nitrogen and oxygen atoms in total. The van der Waals surface area contributed by atoms with Crippen LogP contribution in [0.2, 0.25) is 0 Å². The number of amides is 1. The van der Waals surface area contributed by atoms with Gasteiger partial charge in [0.25, 0.3) is 5.91 Å². The van der Waals surface area contributed by atoms with Gasteiger partial charge in [0.05, 0.1) is 22.5 Å². The quantitative estimate of drug-likeness (QED) is 0.652. The molecule has 1 amide bonds. The van der Waals surface area contributed by atoms with Gasteiger partial charge in [-0.1, -0.05) is 17.3 Å². The molecule has 1 aromatic carbocycles. The highest BCUT2D eigenvalue weighted by atomic mass is 32.1. The van der Waals surface area contributed by atoms with Gasteiger partial charge in [0.15, 0.2) is 16.3 Å². The van der Waals surface area contributed by atoms with E-state index in [0.29, 0.717) is 48.3 Å². The zero-order valence-electron chi connectivity index (χ0n) is 15.1. The van der Waals surface area contributed by atoms with E-state index in [1.807, 2.05) is 30.5 Å². The third-order valence-electron chi connectivity index (χ3n) is 4.21. The lowest BCUT2D eigenvalue weighted by Crippen LogP contribution is -2.18. The van der Waals surface area contributed by atoms with Crippen molar-refractivity contribution in [3.8, 4) is 23.8 Å². The number of nitrogens with zero attached hydrogens (tertiary/aromatic N) is 4. The summed E-state index contributed by atoms with van der Waals surface area (Å²) in [4.78, 5) is 17.6. The molecule has 0 bridgehead atoms. The van der Waals surface area contributed by atoms with Crippen molar-refractivity contribution >= 4 is 27.5 Å². The van der Waals surface area contributed by atoms with Crippen molar-refractivity contribution in [2.45, 2.75) is 26.9 Å². The van der Waals surface area contributed by atoms with Crippen LogP contribution in [0.5, 0.6) is 11.5 Å². The van der Waals surface area contributed by atoms with E-state index >= 15 is 0 Å². The van der Waals surface area contributed by atoms with Crippen molar-refractivity contribution in [1.29, 1.82) is 0 Å². The van der Waals surface area contributed by atoms with Crippen molar-refractivity contribution < 1.29 is 14.3 Å². The molecule has 1 aliphatic rings. The van der Waals surface area contributed by atoms with E-state index in [2.05, 4.69) is 16.0 Å². The fraction of sp³-hybridized carbons (Fsp3) is 0.316. The van der Waals surface area contributed by atoms with E-state index in [4.69, 9.17) is 15.9 Å². The number of thiazole rings is 1. The Morgan fingerprint density at radius 3 is 2.78 bits per heavy atom. The molecule has 0 radical (unpaired) electrons. The summed E-state index contributed by atoms with van der Waals surface area (Å²) in [5.41, 5.74) is 2.12. The molecule has 1 aliphatic heterocycles. The molecular formula is C19H18N4O3S. The van der Waals surface area contributed by atoms with Crippen LogP contribution in [0, 0.1) is 19.3 Å². The molecule has 8 heteroatoms. The standard InChI is InChI=1S/C19H18N4O3S/c1-4-6-22-13-10-15-16(26-8-7-25-15)11-17(13)27-19(22)20-18(24)14-9-12(3)21-23(14)5-2/h1,9-11H,5-8H2,2-3H3. The maximum atomic E-state index is 12.8. The minimum Gasteiger partial charge on any atom is -0.486 e. The molecule has 0 aliphatic carbocycles. The molecule has 27 heavy (non-hydrogen) atoms. The molecule has 0 fully saturated rings. The maximum absolute atomic E-state index is 12.8. The fourth-order valence-corrected chi connectivity index (χ4v) is 4.08. The van der Waals surface area contributed by atoms with Gasteiger partial charge in [0.1, 0.15) is 18.9 Å². The number of ether oxygens (including phenoxy) is 2. The zero-order valence-corrected chi connectivity index (χ0v) is 15.9. The molecule has 0 saturated heterocycles. The maximum Gasteiger partial charge on any atom is 0.297 e. The highest BCUT2D eigenvalue weighted by Gasteiger charge is 2.18. The second kappa shape index (κ2) is 6.93. The van der Waals surface area contributed by atoms with E-state index in [-0.39, 0.29) is 5.91 Å². The Morgan fingerprint density at radius 2 is 2.07 bits per heavy atom. The van der Waals surface area contributed by atoms with Gasteiger partial charge in [-0.25, -0.2) is 0 Å². The molecule has 0 atom stereocenters. The number of rotatable bonds is 3. The van der Waals surface area contributed by atoms with E-state index in [1.54, 1.807) is 10.7 Å². The number of aryl methyl sites for hydroxylation is 2. The Labute approximate surface area is 159 Å². The van der Waals surface area contributed by atoms with Crippen LogP contribution in [0.15, 0.2) is 23.2 Å². The van der Waals surface area contributed by atoms with Crippen LogP contribution in [0.4, 0.5) is 0 Å². The summed E-state index contributed by atoms with van der Waals surface area (Å²) in [7, 11) is 0. The molecule has 138 valence electrons. The average molecular weight is 382 g/mol. The first kappa shape index (κ1) is 17.4. The second-order valence-corrected chi connectivity index (χ2v) is 7.05. The SMILES string of the molecule is C#CCn1c(=NC(=O)c2cc(C)nn2CC)sc2cc3c(cc21)OCCO3. The number of hydrogen-bond donors (Lipinski definition) is 0. The van der Waals surface area contributed by atoms with Crippen molar-refractivity contribution in [2.24, 2.45) is 4.99 Å². The fourth-order valence-electron chi connectivity index (χ4n) is 3.04. The summed E-state index contributed by atoms with van der Waals surface area (Å²) in [6.07, 6.45) is 5.55. The summed E-state index contributed by atoms with van der Waals surface area (Å²) in [6.45, 7) is 5.72. The number of carbonyl (C=O) groups is 1. The third kappa shape index (κ3) is 3.11. The molecule has 0 spiro atoms. The Hall–Kier alpha value is -3.05. The predicted octanol–water partition coefficient (Wildman–Crippen LogP) is 2.37. The lowest BCUT2D eigenvalue weighted by atomic mass is 10.2. The number of benzene rings is 1. The number of terminal acetylenes is 1. The Kier molecular flexibility index (Phi) is 4.46. The van der Waals surface area contributed by atoms with Crippen LogP contribution in [0.3, 0.4) is 0 Å². The van der Waals surface area contributed by atoms with Crippen LogP contribution >= 0.6 is 11.3 Å². The van der Waals surface area contributed by atoms with Gasteiger partial charge in [0, 0.05) is 18.7 Å². The first-order valence-corrected chi connectivity index (χ1v) is 9.42. The van der Waals surface area contributed by atoms with Crippen LogP contribution in [-0.4, -0.2) is 33.5 Å². The Morgan fingerprint density at radius 1 is 1.33 bits per heavy atom. The summed E-state index contributed by atoms with van der Waals surface area (Å²) in [5.74, 6) is 3.66. The average Bonchev–Trinajstić information content (AvgIpc) is 3.20. The van der Waals surface area contributed by atoms with Gasteiger partial charge in [-0.3, -0.25) is 9.48 Å². The van der Waals surface area contributed by atoms with E-state index in [9.17, 15) is 4.79 Å². The van der Waals surface area contributed by atoms with E-state index in [1.165, 1.54) is 11.3 Å². The van der Waals surface area contributed by atoms with Gasteiger partial charge >= 0.3 is 0 Å². The monoisotopic (exact) mass is 382 g/mol. The summed E-state index contributed by atoms with van der Waals surface area (Å²) in [5, 5.41) is 4.31. The van der Waals surface area contributed by atoms with Crippen molar-refractivity contribution in [3.05, 3.63) is 34.4 Å². The highest BCUT2D eigenvalue weighted by Crippen LogP contribution is 2.35. The van der Waals surface area contributed by atoms with Crippen LogP contribution in [-0.2, 0) is 13.1 Å². The molecule has 4 rings (SSSR count). The van der Waals surface area contributed by atoms with Crippen LogP contribution < -0.4 is 14.3 Å². The summed E-state index contributed by atoms with van der Waals surface area (Å²) in [6, 6.07) is 5.54. The van der Waals surface area contributed by atoms with E-state index in [0.717, 1.165) is 15.9 Å². The zero-order chi connectivity index (χ0) is 19.0. The normalized spacial score (nSPS) is 13.7. The van der Waals surface area contributed by atoms with Crippen LogP contribution in [0.25, 0.3) is 10.2 Å². The topological polar surface area (TPSA) is 70.6 Å². The van der Waals surface area contributed by atoms with Gasteiger partial charge in [-0.15, -0.1) is 6.42 Å². The lowest BCUT2D eigenvalue weighted by molar-refractivity contribution is 0.0987. The molecular weight excluding hydrogens is 364 g/mol. The van der Waals surface area contributed by atoms with E-state index < -0.39 is 0 Å². The van der Waals surface area contributed by atoms with Gasteiger partial charge in [-0.05, 0) is 19.9 Å².